The summed E-state index contributed by atoms with van der Waals surface area (Å²) >= 11 is 0. The van der Waals surface area contributed by atoms with Crippen molar-refractivity contribution in [3.63, 3.8) is 0 Å². The summed E-state index contributed by atoms with van der Waals surface area (Å²) in [5.41, 5.74) is 2.97. The summed E-state index contributed by atoms with van der Waals surface area (Å²) in [6.07, 6.45) is 1.20. The van der Waals surface area contributed by atoms with Crippen molar-refractivity contribution >= 4 is 107 Å². The number of hydrazone groups is 2. The standard InChI is InChI=1S/C20H13N3O10S2.C20H13N3O7S.Cr/c24-16-6-1-10-7-12(34(28,29)30)3-5-13(10)19(16)21-22-20-14-4-2-11(23(26)27)8-15(14)18(9-17(20)25)35(31,32)33;24-16-8-5-11-3-1-2-4-13(11)19(16)21-22-20-14-7-6-12(23(26)27)9-15(14)18(10-17(20)25)31(28,29)30;/h1-9,21,24H,(H,28,29,30)(H,31,32,33);1-10,21,24H,(H,28,29,30);/p+4/b;22-20-;. The summed E-state index contributed by atoms with van der Waals surface area (Å²) in [7, 11) is -14.3. The topological polar surface area (TPSA) is 373 Å². The third-order valence-electron chi connectivity index (χ3n) is 9.75. The van der Waals surface area contributed by atoms with E-state index in [0.29, 0.717) is 17.5 Å². The number of nitro benzene ring substituents is 2. The summed E-state index contributed by atoms with van der Waals surface area (Å²) in [5, 5.41) is 52.7. The van der Waals surface area contributed by atoms with Gasteiger partial charge in [-0.15, -0.1) is 0 Å². The summed E-state index contributed by atoms with van der Waals surface area (Å²) in [5.74, 6) is -2.28. The first kappa shape index (κ1) is 48.7. The molecule has 23 nitrogen and oxygen atoms in total. The van der Waals surface area contributed by atoms with Crippen LogP contribution >= 0.6 is 0 Å². The molecule has 0 radical (unpaired) electrons. The van der Waals surface area contributed by atoms with E-state index in [1.807, 2.05) is 12.1 Å². The maximum atomic E-state index is 12.6. The molecule has 0 amide bonds. The van der Waals surface area contributed by atoms with Crippen molar-refractivity contribution in [2.24, 2.45) is 10.2 Å². The van der Waals surface area contributed by atoms with E-state index in [1.165, 1.54) is 30.3 Å². The summed E-state index contributed by atoms with van der Waals surface area (Å²) in [4.78, 5) is 43.9. The molecule has 2 aliphatic rings. The second kappa shape index (κ2) is 18.3. The number of nitrogens with one attached hydrogen (secondary N) is 2. The predicted octanol–water partition coefficient (Wildman–Crippen LogP) is 5.86. The number of nitro groups is 2. The van der Waals surface area contributed by atoms with E-state index in [4.69, 9.17) is 0 Å². The zero-order valence-corrected chi connectivity index (χ0v) is 36.8. The number of carbonyl (C=O) groups excluding carboxylic acids is 2. The van der Waals surface area contributed by atoms with Gasteiger partial charge in [0.15, 0.2) is 0 Å². The molecular weight excluding hydrogens is 985 g/mol. The van der Waals surface area contributed by atoms with Crippen LogP contribution in [0.2, 0.25) is 0 Å². The molecular formula is C40H30CrN6O17S3+4. The first-order valence-corrected chi connectivity index (χ1v) is 22.4. The van der Waals surface area contributed by atoms with Crippen molar-refractivity contribution < 1.29 is 91.6 Å². The van der Waals surface area contributed by atoms with E-state index in [9.17, 15) is 78.9 Å². The van der Waals surface area contributed by atoms with Gasteiger partial charge in [-0.1, -0.05) is 42.5 Å². The SMILES string of the molecule is O=C1C=C(S(=O)(=O)O)c2cc([N+](=O)[O-])ccc2/C1=N/Nc1c(O)ccc2ccccc12.O=C1C=C(S(=O)(=O)O)c2cc([N+](=O)[O-])ccc2C1=NNc1c(O)ccc2cc(S(=O)(=O)O)ccc12.[Cr].[H+].[H+].[H+].[H+]. The van der Waals surface area contributed by atoms with Crippen LogP contribution in [0, 0.1) is 20.2 Å². The number of ketones is 2. The molecule has 0 spiro atoms. The number of anilines is 2. The molecule has 0 atom stereocenters. The van der Waals surface area contributed by atoms with Gasteiger partial charge in [-0.25, -0.2) is 0 Å². The van der Waals surface area contributed by atoms with Gasteiger partial charge >= 0.3 is 5.71 Å². The molecule has 67 heavy (non-hydrogen) atoms. The maximum absolute atomic E-state index is 12.6. The summed E-state index contributed by atoms with van der Waals surface area (Å²) in [6.45, 7) is 0. The molecule has 0 fully saturated rings. The number of benzene rings is 6. The fourth-order valence-corrected chi connectivity index (χ4v) is 8.66. The molecule has 0 aliphatic heterocycles. The Morgan fingerprint density at radius 1 is 0.522 bits per heavy atom. The Balaban J connectivity index is 0.000000457. The number of carbonyl (C=O) groups is 2. The molecule has 0 bridgehead atoms. The zero-order valence-electron chi connectivity index (χ0n) is 37.0. The van der Waals surface area contributed by atoms with Crippen LogP contribution in [-0.2, 0) is 57.3 Å². The van der Waals surface area contributed by atoms with Crippen molar-refractivity contribution in [3.05, 3.63) is 158 Å². The molecule has 0 heterocycles. The Hall–Kier alpha value is -7.74. The molecule has 2 aliphatic carbocycles. The molecule has 0 unspecified atom stereocenters. The molecule has 0 saturated heterocycles. The second-order valence-corrected chi connectivity index (χ2v) is 18.0. The first-order chi connectivity index (χ1) is 30.9. The van der Waals surface area contributed by atoms with E-state index in [1.54, 1.807) is 18.2 Å². The third-order valence-corrected chi connectivity index (χ3v) is 12.4. The number of nitrogens with zero attached hydrogens (tertiary/aromatic N) is 4. The molecule has 342 valence electrons. The van der Waals surface area contributed by atoms with Crippen LogP contribution in [0.1, 0.15) is 28.0 Å². The fourth-order valence-electron chi connectivity index (χ4n) is 6.74. The van der Waals surface area contributed by atoms with Gasteiger partial charge < -0.3 is 10.2 Å². The van der Waals surface area contributed by atoms with Gasteiger partial charge in [-0.3, -0.25) is 54.3 Å². The smallest absolute Gasteiger partial charge is 0.506 e. The average molecular weight is 1010 g/mol. The van der Waals surface area contributed by atoms with Gasteiger partial charge in [-0.2, -0.15) is 35.5 Å². The van der Waals surface area contributed by atoms with Gasteiger partial charge in [0.25, 0.3) is 41.7 Å². The molecule has 0 saturated carbocycles. The Morgan fingerprint density at radius 2 is 0.955 bits per heavy atom. The predicted molar refractivity (Wildman–Crippen MR) is 241 cm³/mol. The summed E-state index contributed by atoms with van der Waals surface area (Å²) < 4.78 is 98.0. The number of aromatic hydroxyl groups is 2. The summed E-state index contributed by atoms with van der Waals surface area (Å²) in [6, 6.07) is 22.5. The van der Waals surface area contributed by atoms with E-state index < -0.39 is 77.8 Å². The van der Waals surface area contributed by atoms with Crippen LogP contribution in [0.3, 0.4) is 0 Å². The second-order valence-electron chi connectivity index (χ2n) is 13.8. The average Bonchev–Trinajstić information content (AvgIpc) is 3.25. The largest absolute Gasteiger partial charge is 1.00 e. The van der Waals surface area contributed by atoms with E-state index >= 15 is 0 Å². The van der Waals surface area contributed by atoms with Gasteiger partial charge in [-0.05, 0) is 47.2 Å². The molecule has 8 rings (SSSR count). The first-order valence-electron chi connectivity index (χ1n) is 18.1. The Bertz CT molecular complexity index is 3670. The minimum Gasteiger partial charge on any atom is -0.506 e. The molecule has 6 aromatic rings. The number of hydrogen-bond donors (Lipinski definition) is 7. The van der Waals surface area contributed by atoms with Crippen LogP contribution in [0.5, 0.6) is 11.5 Å². The zero-order chi connectivity index (χ0) is 48.0. The Labute approximate surface area is 392 Å². The normalized spacial score (nSPS) is 14.8. The minimum absolute atomic E-state index is 0. The third kappa shape index (κ3) is 9.93. The quantitative estimate of drug-likeness (QED) is 0.0386. The van der Waals surface area contributed by atoms with E-state index in [0.717, 1.165) is 47.9 Å². The number of phenolic OH excluding ortho intramolecular Hbond substituents is 2. The molecule has 6 aromatic carbocycles. The maximum Gasteiger partial charge on any atom is 1.00 e. The number of fused-ring (bicyclic) bond motifs is 4. The van der Waals surface area contributed by atoms with E-state index in [-0.39, 0.29) is 90.4 Å². The van der Waals surface area contributed by atoms with Crippen molar-refractivity contribution in [1.82, 2.24) is 0 Å². The molecule has 27 heteroatoms. The molecule has 7 N–H and O–H groups in total. The van der Waals surface area contributed by atoms with Crippen molar-refractivity contribution in [2.45, 2.75) is 4.90 Å². The van der Waals surface area contributed by atoms with Crippen LogP contribution in [-0.4, -0.2) is 82.0 Å². The van der Waals surface area contributed by atoms with Gasteiger partial charge in [0.2, 0.25) is 11.6 Å². The van der Waals surface area contributed by atoms with Crippen molar-refractivity contribution in [1.29, 1.82) is 0 Å². The van der Waals surface area contributed by atoms with E-state index in [2.05, 4.69) is 21.1 Å². The van der Waals surface area contributed by atoms with Crippen LogP contribution in [0.25, 0.3) is 31.4 Å². The van der Waals surface area contributed by atoms with Crippen LogP contribution in [0.15, 0.2) is 130 Å². The van der Waals surface area contributed by atoms with Crippen molar-refractivity contribution in [2.75, 3.05) is 10.9 Å². The number of allylic oxidation sites excluding steroid dienone is 2. The van der Waals surface area contributed by atoms with Crippen molar-refractivity contribution in [3.8, 4) is 11.5 Å². The monoisotopic (exact) mass is 1010 g/mol. The number of hydrogen-bond acceptors (Lipinski definition) is 18. The number of non-ortho nitro benzene ring substituents is 2. The van der Waals surface area contributed by atoms with Gasteiger partial charge in [0.1, 0.15) is 44.1 Å². The Kier molecular flexibility index (Phi) is 13.3. The Morgan fingerprint density at radius 3 is 1.39 bits per heavy atom. The molecule has 0 aromatic heterocycles. The van der Waals surface area contributed by atoms with Crippen LogP contribution < -0.4 is 10.9 Å². The minimum atomic E-state index is -4.92. The van der Waals surface area contributed by atoms with Crippen LogP contribution in [0.4, 0.5) is 22.7 Å². The number of phenols is 2. The number of rotatable bonds is 9. The van der Waals surface area contributed by atoms with Gasteiger partial charge in [0, 0.05) is 86.8 Å². The fraction of sp³-hybridized carbons (Fsp3) is 0. The van der Waals surface area contributed by atoms with Gasteiger partial charge in [0.05, 0.1) is 14.7 Å².